The molecule has 3 nitrogen and oxygen atoms in total. The second-order valence-corrected chi connectivity index (χ2v) is 4.18. The van der Waals surface area contributed by atoms with Gasteiger partial charge in [0, 0.05) is 0 Å². The molecule has 0 aromatic heterocycles. The minimum atomic E-state index is -4.42. The summed E-state index contributed by atoms with van der Waals surface area (Å²) in [5, 5.41) is 0. The molecule has 7 heteroatoms. The molecule has 11 heavy (non-hydrogen) atoms. The Morgan fingerprint density at radius 1 is 1.27 bits per heavy atom. The summed E-state index contributed by atoms with van der Waals surface area (Å²) in [7, 11) is -3.57. The summed E-state index contributed by atoms with van der Waals surface area (Å²) in [5.41, 5.74) is 0. The highest BCUT2D eigenvalue weighted by atomic mass is 31.2. The average Bonchev–Trinajstić information content (AvgIpc) is 2.09. The number of halogens is 3. The van der Waals surface area contributed by atoms with E-state index in [0.29, 0.717) is 0 Å². The number of hydrogen-bond donors (Lipinski definition) is 1. The summed E-state index contributed by atoms with van der Waals surface area (Å²) >= 11 is 0. The van der Waals surface area contributed by atoms with E-state index < -0.39 is 20.3 Å². The summed E-state index contributed by atoms with van der Waals surface area (Å²) in [4.78, 5) is 8.97. The first-order valence-electron chi connectivity index (χ1n) is 2.88. The zero-order valence-electron chi connectivity index (χ0n) is 5.47. The van der Waals surface area contributed by atoms with E-state index in [1.165, 1.54) is 0 Å². The van der Waals surface area contributed by atoms with Crippen molar-refractivity contribution in [2.24, 2.45) is 0 Å². The average molecular weight is 191 g/mol. The Hall–Kier alpha value is 0.100. The van der Waals surface area contributed by atoms with E-state index in [2.05, 4.69) is 9.05 Å². The van der Waals surface area contributed by atoms with E-state index in [9.17, 15) is 13.2 Å². The van der Waals surface area contributed by atoms with Gasteiger partial charge >= 0.3 is 14.1 Å². The summed E-state index contributed by atoms with van der Waals surface area (Å²) in [5.74, 6) is 0. The van der Waals surface area contributed by atoms with Crippen molar-refractivity contribution in [2.45, 2.75) is 6.18 Å². The maximum Gasteiger partial charge on any atom is 0.430 e. The quantitative estimate of drug-likeness (QED) is 0.635. The highest BCUT2D eigenvalue weighted by Gasteiger charge is 2.55. The third kappa shape index (κ3) is 2.91. The molecule has 0 aliphatic carbocycles. The van der Waals surface area contributed by atoms with Crippen LogP contribution in [-0.4, -0.2) is 30.4 Å². The van der Waals surface area contributed by atoms with Crippen LogP contribution in [0.25, 0.3) is 0 Å². The van der Waals surface area contributed by atoms with E-state index in [4.69, 9.17) is 4.89 Å². The number of alkyl halides is 3. The lowest BCUT2D eigenvalue weighted by atomic mass is 10.8. The van der Waals surface area contributed by atoms with E-state index in [1.807, 2.05) is 0 Å². The second-order valence-electron chi connectivity index (χ2n) is 2.08. The van der Waals surface area contributed by atoms with Crippen molar-refractivity contribution in [3.8, 4) is 0 Å². The van der Waals surface area contributed by atoms with Gasteiger partial charge in [-0.1, -0.05) is 0 Å². The van der Waals surface area contributed by atoms with Crippen molar-refractivity contribution < 1.29 is 27.1 Å². The predicted octanol–water partition coefficient (Wildman–Crippen LogP) is 1.35. The minimum Gasteiger partial charge on any atom is -0.192 e. The molecule has 0 atom stereocenters. The molecule has 0 spiro atoms. The van der Waals surface area contributed by atoms with Crippen LogP contribution >= 0.6 is 7.94 Å². The smallest absolute Gasteiger partial charge is 0.192 e. The highest BCUT2D eigenvalue weighted by molar-refractivity contribution is 7.60. The van der Waals surface area contributed by atoms with Crippen LogP contribution < -0.4 is 0 Å². The molecule has 0 amide bonds. The van der Waals surface area contributed by atoms with Crippen molar-refractivity contribution >= 4 is 7.94 Å². The van der Waals surface area contributed by atoms with Crippen molar-refractivity contribution in [1.29, 1.82) is 0 Å². The van der Waals surface area contributed by atoms with Crippen LogP contribution in [0.4, 0.5) is 13.2 Å². The number of hydrogen-bond acceptors (Lipinski definition) is 3. The van der Waals surface area contributed by atoms with E-state index >= 15 is 0 Å². The maximum absolute atomic E-state index is 11.7. The van der Waals surface area contributed by atoms with Gasteiger partial charge in [0.25, 0.3) is 0 Å². The maximum atomic E-state index is 11.7. The molecule has 0 bridgehead atoms. The van der Waals surface area contributed by atoms with Crippen molar-refractivity contribution in [2.75, 3.05) is 19.4 Å². The van der Waals surface area contributed by atoms with Crippen LogP contribution in [0.1, 0.15) is 0 Å². The molecular formula is C4H7F3O3P+. The molecule has 1 fully saturated rings. The van der Waals surface area contributed by atoms with E-state index in [1.54, 1.807) is 0 Å². The van der Waals surface area contributed by atoms with E-state index in [0.717, 1.165) is 0 Å². The monoisotopic (exact) mass is 191 g/mol. The summed E-state index contributed by atoms with van der Waals surface area (Å²) in [6, 6.07) is 0. The fourth-order valence-corrected chi connectivity index (χ4v) is 2.14. The van der Waals surface area contributed by atoms with Crippen molar-refractivity contribution in [1.82, 2.24) is 0 Å². The van der Waals surface area contributed by atoms with Crippen LogP contribution in [0.2, 0.25) is 0 Å². The lowest BCUT2D eigenvalue weighted by Gasteiger charge is -2.10. The topological polar surface area (TPSA) is 38.7 Å². The van der Waals surface area contributed by atoms with Gasteiger partial charge in [-0.25, -0.2) is 0 Å². The van der Waals surface area contributed by atoms with Gasteiger partial charge in [0.05, 0.1) is 0 Å². The van der Waals surface area contributed by atoms with Gasteiger partial charge in [0.15, 0.2) is 0 Å². The standard InChI is InChI=1S/C4H7F3O3P/c5-4(6,7)3-11(8)9-1-2-10-11/h8H,1-3H2/q+1. The van der Waals surface area contributed by atoms with Gasteiger partial charge in [-0.15, -0.1) is 0 Å². The van der Waals surface area contributed by atoms with Crippen molar-refractivity contribution in [3.05, 3.63) is 0 Å². The normalized spacial score (nSPS) is 24.0. The van der Waals surface area contributed by atoms with Gasteiger partial charge in [0.1, 0.15) is 13.2 Å². The summed E-state index contributed by atoms with van der Waals surface area (Å²) < 4.78 is 43.9. The lowest BCUT2D eigenvalue weighted by Crippen LogP contribution is -2.17. The van der Waals surface area contributed by atoms with Gasteiger partial charge in [0.2, 0.25) is 6.16 Å². The van der Waals surface area contributed by atoms with Gasteiger partial charge in [-0.3, -0.25) is 0 Å². The largest absolute Gasteiger partial charge is 0.430 e. The van der Waals surface area contributed by atoms with Crippen LogP contribution in [0.3, 0.4) is 0 Å². The third-order valence-corrected chi connectivity index (χ3v) is 2.98. The molecule has 0 saturated carbocycles. The zero-order chi connectivity index (χ0) is 8.54. The molecule has 1 aliphatic heterocycles. The van der Waals surface area contributed by atoms with Gasteiger partial charge < -0.3 is 0 Å². The van der Waals surface area contributed by atoms with Crippen LogP contribution in [-0.2, 0) is 9.05 Å². The van der Waals surface area contributed by atoms with Crippen LogP contribution in [0, 0.1) is 0 Å². The first kappa shape index (κ1) is 9.19. The van der Waals surface area contributed by atoms with Crippen LogP contribution in [0.15, 0.2) is 0 Å². The molecule has 0 aromatic rings. The number of rotatable bonds is 1. The van der Waals surface area contributed by atoms with Gasteiger partial charge in [-0.05, 0) is 0 Å². The Balaban J connectivity index is 2.46. The molecule has 0 unspecified atom stereocenters. The minimum absolute atomic E-state index is 0.0420. The highest BCUT2D eigenvalue weighted by Crippen LogP contribution is 2.62. The molecular weight excluding hydrogens is 184 g/mol. The molecule has 1 rings (SSSR count). The molecule has 1 aliphatic rings. The van der Waals surface area contributed by atoms with Crippen molar-refractivity contribution in [3.63, 3.8) is 0 Å². The molecule has 1 heterocycles. The first-order valence-corrected chi connectivity index (χ1v) is 4.64. The SMILES string of the molecule is O[P+]1(CC(F)(F)F)OCCO1. The fourth-order valence-electron chi connectivity index (χ4n) is 0.715. The summed E-state index contributed by atoms with van der Waals surface area (Å²) in [6.45, 7) is 0.0840. The molecule has 1 saturated heterocycles. The third-order valence-electron chi connectivity index (χ3n) is 1.05. The van der Waals surface area contributed by atoms with E-state index in [-0.39, 0.29) is 13.2 Å². The predicted molar refractivity (Wildman–Crippen MR) is 32.0 cm³/mol. The van der Waals surface area contributed by atoms with Gasteiger partial charge in [-0.2, -0.15) is 27.1 Å². The Morgan fingerprint density at radius 3 is 2.09 bits per heavy atom. The Bertz CT molecular complexity index is 142. The van der Waals surface area contributed by atoms with Crippen LogP contribution in [0.5, 0.6) is 0 Å². The zero-order valence-corrected chi connectivity index (χ0v) is 6.36. The Labute approximate surface area is 61.7 Å². The Kier molecular flexibility index (Phi) is 2.39. The lowest BCUT2D eigenvalue weighted by molar-refractivity contribution is -0.110. The summed E-state index contributed by atoms with van der Waals surface area (Å²) in [6.07, 6.45) is -5.80. The molecule has 0 aromatic carbocycles. The first-order chi connectivity index (χ1) is 4.91. The molecule has 0 radical (unpaired) electrons. The second kappa shape index (κ2) is 2.86. The molecule has 66 valence electrons. The fraction of sp³-hybridized carbons (Fsp3) is 1.00. The Morgan fingerprint density at radius 2 is 1.73 bits per heavy atom. The molecule has 1 N–H and O–H groups in total.